The first-order valence-corrected chi connectivity index (χ1v) is 9.90. The average Bonchev–Trinajstić information content (AvgIpc) is 2.77. The zero-order valence-corrected chi connectivity index (χ0v) is 17.9. The Labute approximate surface area is 181 Å². The van der Waals surface area contributed by atoms with Gasteiger partial charge in [-0.25, -0.2) is 4.79 Å². The van der Waals surface area contributed by atoms with Crippen LogP contribution in [-0.2, 0) is 0 Å². The van der Waals surface area contributed by atoms with Crippen molar-refractivity contribution < 1.29 is 24.9 Å². The number of aliphatic hydroxyl groups excluding tert-OH is 3. The number of nitrogens with zero attached hydrogens (tertiary/aromatic N) is 1. The molecule has 2 rings (SSSR count). The Morgan fingerprint density at radius 3 is 1.84 bits per heavy atom. The normalized spacial score (nSPS) is 11.2. The van der Waals surface area contributed by atoms with Gasteiger partial charge >= 0.3 is 6.03 Å². The lowest BCUT2D eigenvalue weighted by Gasteiger charge is -2.28. The second-order valence-electron chi connectivity index (χ2n) is 7.61. The molecule has 0 aliphatic heterocycles. The predicted molar refractivity (Wildman–Crippen MR) is 120 cm³/mol. The van der Waals surface area contributed by atoms with Crippen molar-refractivity contribution in [3.8, 4) is 0 Å². The molecule has 0 fully saturated rings. The van der Waals surface area contributed by atoms with Crippen LogP contribution < -0.4 is 20.9 Å². The second-order valence-corrected chi connectivity index (χ2v) is 7.61. The van der Waals surface area contributed by atoms with Crippen LogP contribution in [0.5, 0.6) is 0 Å². The zero-order chi connectivity index (χ0) is 23.0. The summed E-state index contributed by atoms with van der Waals surface area (Å²) in [5, 5.41) is 36.1. The molecule has 0 aliphatic carbocycles. The van der Waals surface area contributed by atoms with Gasteiger partial charge in [0.25, 0.3) is 5.91 Å². The van der Waals surface area contributed by atoms with Crippen LogP contribution >= 0.6 is 0 Å². The molecule has 0 unspecified atom stereocenters. The molecule has 168 valence electrons. The highest BCUT2D eigenvalue weighted by molar-refractivity contribution is 5.95. The molecule has 0 heterocycles. The molecule has 0 atom stereocenters. The molecule has 0 aromatic heterocycles. The number of carbonyl (C=O) groups excluding carboxylic acids is 2. The fourth-order valence-electron chi connectivity index (χ4n) is 2.76. The molecule has 9 nitrogen and oxygen atoms in total. The van der Waals surface area contributed by atoms with E-state index in [0.29, 0.717) is 11.3 Å². The minimum atomic E-state index is -1.48. The number of aliphatic hydroxyl groups is 3. The maximum atomic E-state index is 12.4. The molecule has 3 amide bonds. The number of rotatable bonds is 9. The van der Waals surface area contributed by atoms with E-state index in [-0.39, 0.29) is 12.1 Å². The summed E-state index contributed by atoms with van der Waals surface area (Å²) in [7, 11) is 1.87. The van der Waals surface area contributed by atoms with Gasteiger partial charge in [-0.15, -0.1) is 0 Å². The molecule has 6 N–H and O–H groups in total. The van der Waals surface area contributed by atoms with Crippen LogP contribution in [0.25, 0.3) is 0 Å². The van der Waals surface area contributed by atoms with E-state index >= 15 is 0 Å². The first kappa shape index (κ1) is 24.1. The minimum absolute atomic E-state index is 0.0443. The van der Waals surface area contributed by atoms with Crippen molar-refractivity contribution in [2.75, 3.05) is 37.1 Å². The maximum Gasteiger partial charge on any atom is 0.319 e. The Kier molecular flexibility index (Phi) is 8.38. The molecule has 0 bridgehead atoms. The fraction of sp³-hybridized carbons (Fsp3) is 0.364. The van der Waals surface area contributed by atoms with Crippen molar-refractivity contribution >= 4 is 29.0 Å². The molecule has 0 aliphatic rings. The Hall–Kier alpha value is -3.14. The lowest BCUT2D eigenvalue weighted by Crippen LogP contribution is -2.57. The summed E-state index contributed by atoms with van der Waals surface area (Å²) in [5.41, 5.74) is 1.23. The van der Waals surface area contributed by atoms with Gasteiger partial charge in [-0.05, 0) is 62.4 Å². The van der Waals surface area contributed by atoms with Crippen LogP contribution in [0.1, 0.15) is 24.2 Å². The third-order valence-electron chi connectivity index (χ3n) is 4.74. The third kappa shape index (κ3) is 6.42. The van der Waals surface area contributed by atoms with E-state index < -0.39 is 31.3 Å². The summed E-state index contributed by atoms with van der Waals surface area (Å²) in [6.45, 7) is 2.01. The molecule has 0 saturated carbocycles. The van der Waals surface area contributed by atoms with Gasteiger partial charge in [0.05, 0.1) is 19.8 Å². The summed E-state index contributed by atoms with van der Waals surface area (Å²) in [5.74, 6) is -0.513. The van der Waals surface area contributed by atoms with Gasteiger partial charge in [-0.1, -0.05) is 0 Å². The van der Waals surface area contributed by atoms with E-state index in [0.717, 1.165) is 11.4 Å². The molecule has 0 radical (unpaired) electrons. The quantitative estimate of drug-likeness (QED) is 0.356. The summed E-state index contributed by atoms with van der Waals surface area (Å²) >= 11 is 0. The number of carbonyl (C=O) groups is 2. The largest absolute Gasteiger partial charge is 0.394 e. The van der Waals surface area contributed by atoms with Crippen molar-refractivity contribution in [1.29, 1.82) is 0 Å². The first-order chi connectivity index (χ1) is 14.7. The Morgan fingerprint density at radius 1 is 0.903 bits per heavy atom. The van der Waals surface area contributed by atoms with Crippen LogP contribution in [0.3, 0.4) is 0 Å². The van der Waals surface area contributed by atoms with Crippen LogP contribution in [-0.4, -0.2) is 65.7 Å². The Morgan fingerprint density at radius 2 is 1.39 bits per heavy atom. The van der Waals surface area contributed by atoms with Crippen molar-refractivity contribution in [1.82, 2.24) is 10.6 Å². The predicted octanol–water partition coefficient (Wildman–Crippen LogP) is 1.43. The number of anilines is 3. The van der Waals surface area contributed by atoms with Crippen molar-refractivity contribution in [3.05, 3.63) is 54.1 Å². The van der Waals surface area contributed by atoms with Crippen LogP contribution in [0.2, 0.25) is 0 Å². The second kappa shape index (κ2) is 10.8. The average molecular weight is 431 g/mol. The summed E-state index contributed by atoms with van der Waals surface area (Å²) < 4.78 is 0. The SMILES string of the molecule is CC(C)NC(=O)Nc1ccc(N(C)c2ccc(C(=O)NC(CO)(CO)CO)cc2)cc1. The monoisotopic (exact) mass is 430 g/mol. The van der Waals surface area contributed by atoms with Gasteiger partial charge in [0.2, 0.25) is 0 Å². The molecule has 2 aromatic rings. The van der Waals surface area contributed by atoms with Gasteiger partial charge < -0.3 is 36.2 Å². The Balaban J connectivity index is 2.05. The topological polar surface area (TPSA) is 134 Å². The van der Waals surface area contributed by atoms with Gasteiger partial charge in [0, 0.05) is 35.7 Å². The first-order valence-electron chi connectivity index (χ1n) is 9.90. The highest BCUT2D eigenvalue weighted by atomic mass is 16.3. The molecule has 0 saturated heterocycles. The standard InChI is InChI=1S/C22H30N4O5/c1-15(2)23-21(31)24-17-6-10-19(11-7-17)26(3)18-8-4-16(5-9-18)20(30)25-22(12-27,13-28)14-29/h4-11,15,27-29H,12-14H2,1-3H3,(H,25,30)(H2,23,24,31). The van der Waals surface area contributed by atoms with E-state index in [2.05, 4.69) is 16.0 Å². The smallest absolute Gasteiger partial charge is 0.319 e. The highest BCUT2D eigenvalue weighted by Crippen LogP contribution is 2.25. The lowest BCUT2D eigenvalue weighted by atomic mass is 10.0. The van der Waals surface area contributed by atoms with Gasteiger partial charge in [0.15, 0.2) is 0 Å². The molecular weight excluding hydrogens is 400 g/mol. The van der Waals surface area contributed by atoms with Gasteiger partial charge in [-0.2, -0.15) is 0 Å². The van der Waals surface area contributed by atoms with E-state index in [1.165, 1.54) is 0 Å². The Bertz CT molecular complexity index is 856. The molecule has 2 aromatic carbocycles. The van der Waals surface area contributed by atoms with E-state index in [1.807, 2.05) is 37.9 Å². The van der Waals surface area contributed by atoms with Gasteiger partial charge in [0.1, 0.15) is 5.54 Å². The van der Waals surface area contributed by atoms with Crippen molar-refractivity contribution in [3.63, 3.8) is 0 Å². The molecule has 9 heteroatoms. The number of urea groups is 1. The zero-order valence-electron chi connectivity index (χ0n) is 17.9. The number of nitrogens with one attached hydrogen (secondary N) is 3. The summed E-state index contributed by atoms with van der Waals surface area (Å²) in [6, 6.07) is 13.9. The van der Waals surface area contributed by atoms with E-state index in [4.69, 9.17) is 0 Å². The molecule has 0 spiro atoms. The number of hydrogen-bond donors (Lipinski definition) is 6. The number of amides is 3. The van der Waals surface area contributed by atoms with E-state index in [9.17, 15) is 24.9 Å². The van der Waals surface area contributed by atoms with Crippen molar-refractivity contribution in [2.24, 2.45) is 0 Å². The molecule has 31 heavy (non-hydrogen) atoms. The third-order valence-corrected chi connectivity index (χ3v) is 4.74. The lowest BCUT2D eigenvalue weighted by molar-refractivity contribution is 0.0375. The molecular formula is C22H30N4O5. The van der Waals surface area contributed by atoms with Crippen LogP contribution in [0.15, 0.2) is 48.5 Å². The maximum absolute atomic E-state index is 12.4. The van der Waals surface area contributed by atoms with E-state index in [1.54, 1.807) is 36.4 Å². The van der Waals surface area contributed by atoms with Gasteiger partial charge in [-0.3, -0.25) is 4.79 Å². The number of benzene rings is 2. The summed E-state index contributed by atoms with van der Waals surface area (Å²) in [4.78, 5) is 26.1. The van der Waals surface area contributed by atoms with Crippen LogP contribution in [0, 0.1) is 0 Å². The van der Waals surface area contributed by atoms with Crippen molar-refractivity contribution in [2.45, 2.75) is 25.4 Å². The van der Waals surface area contributed by atoms with Crippen LogP contribution in [0.4, 0.5) is 21.9 Å². The summed E-state index contributed by atoms with van der Waals surface area (Å²) in [6.07, 6.45) is 0. The highest BCUT2D eigenvalue weighted by Gasteiger charge is 2.30. The minimum Gasteiger partial charge on any atom is -0.394 e. The number of hydrogen-bond acceptors (Lipinski definition) is 6. The fourth-order valence-corrected chi connectivity index (χ4v) is 2.76.